The Hall–Kier alpha value is -1.22. The second kappa shape index (κ2) is 7.17. The van der Waals surface area contributed by atoms with Gasteiger partial charge in [0.1, 0.15) is 6.54 Å². The fraction of sp³-hybridized carbons (Fsp3) is 0.727. The highest BCUT2D eigenvalue weighted by Gasteiger charge is 2.24. The summed E-state index contributed by atoms with van der Waals surface area (Å²) >= 11 is 1.80. The van der Waals surface area contributed by atoms with Gasteiger partial charge in [-0.15, -0.1) is 0 Å². The summed E-state index contributed by atoms with van der Waals surface area (Å²) in [6.07, 6.45) is 6.16. The standard InChI is InChI=1S/C11H17N3O2S/c1-17-9-4-2-3-8(7-9)14-11(16)10(15)13-6-5-12/h8-9H,2-4,6-7H2,1H3,(H,13,15)(H,14,16). The van der Waals surface area contributed by atoms with Crippen LogP contribution in [-0.4, -0.2) is 35.9 Å². The van der Waals surface area contributed by atoms with Crippen LogP contribution in [0.15, 0.2) is 0 Å². The van der Waals surface area contributed by atoms with E-state index in [1.54, 1.807) is 17.8 Å². The lowest BCUT2D eigenvalue weighted by molar-refractivity contribution is -0.139. The van der Waals surface area contributed by atoms with Crippen molar-refractivity contribution < 1.29 is 9.59 Å². The van der Waals surface area contributed by atoms with E-state index in [0.29, 0.717) is 5.25 Å². The van der Waals surface area contributed by atoms with Crippen molar-refractivity contribution in [2.45, 2.75) is 37.0 Å². The highest BCUT2D eigenvalue weighted by molar-refractivity contribution is 7.99. The number of nitriles is 1. The zero-order valence-corrected chi connectivity index (χ0v) is 10.7. The normalized spacial score (nSPS) is 23.5. The number of hydrogen-bond acceptors (Lipinski definition) is 4. The number of thioether (sulfide) groups is 1. The first-order valence-corrected chi connectivity index (χ1v) is 6.94. The molecule has 1 aliphatic carbocycles. The predicted octanol–water partition coefficient (Wildman–Crippen LogP) is 0.417. The van der Waals surface area contributed by atoms with Crippen LogP contribution in [-0.2, 0) is 9.59 Å². The molecule has 1 fully saturated rings. The number of amides is 2. The van der Waals surface area contributed by atoms with Crippen molar-refractivity contribution in [3.63, 3.8) is 0 Å². The molecule has 0 aromatic carbocycles. The van der Waals surface area contributed by atoms with Crippen LogP contribution in [0, 0.1) is 11.3 Å². The van der Waals surface area contributed by atoms with Crippen molar-refractivity contribution in [3.8, 4) is 6.07 Å². The molecule has 6 heteroatoms. The molecular formula is C11H17N3O2S. The lowest BCUT2D eigenvalue weighted by Crippen LogP contribution is -2.46. The SMILES string of the molecule is CSC1CCCC(NC(=O)C(=O)NCC#N)C1. The molecule has 1 rings (SSSR count). The predicted molar refractivity (Wildman–Crippen MR) is 66.3 cm³/mol. The highest BCUT2D eigenvalue weighted by Crippen LogP contribution is 2.26. The van der Waals surface area contributed by atoms with Gasteiger partial charge in [0.05, 0.1) is 6.07 Å². The smallest absolute Gasteiger partial charge is 0.310 e. The maximum Gasteiger partial charge on any atom is 0.310 e. The van der Waals surface area contributed by atoms with Crippen LogP contribution in [0.1, 0.15) is 25.7 Å². The van der Waals surface area contributed by atoms with Crippen molar-refractivity contribution in [3.05, 3.63) is 0 Å². The van der Waals surface area contributed by atoms with Gasteiger partial charge in [0.2, 0.25) is 0 Å². The number of nitrogens with zero attached hydrogens (tertiary/aromatic N) is 1. The van der Waals surface area contributed by atoms with Gasteiger partial charge < -0.3 is 10.6 Å². The summed E-state index contributed by atoms with van der Waals surface area (Å²) in [6, 6.07) is 1.84. The summed E-state index contributed by atoms with van der Waals surface area (Å²) in [7, 11) is 0. The Bertz CT molecular complexity index is 327. The van der Waals surface area contributed by atoms with Crippen molar-refractivity contribution >= 4 is 23.6 Å². The highest BCUT2D eigenvalue weighted by atomic mass is 32.2. The van der Waals surface area contributed by atoms with E-state index in [4.69, 9.17) is 5.26 Å². The molecule has 1 aliphatic rings. The molecule has 2 atom stereocenters. The summed E-state index contributed by atoms with van der Waals surface area (Å²) in [5.41, 5.74) is 0. The van der Waals surface area contributed by atoms with E-state index in [0.717, 1.165) is 19.3 Å². The van der Waals surface area contributed by atoms with Crippen LogP contribution in [0.2, 0.25) is 0 Å². The summed E-state index contributed by atoms with van der Waals surface area (Å²) in [5, 5.41) is 13.8. The lowest BCUT2D eigenvalue weighted by atomic mass is 9.95. The molecule has 94 valence electrons. The third kappa shape index (κ3) is 4.65. The summed E-state index contributed by atoms with van der Waals surface area (Å²) in [5.74, 6) is -1.36. The van der Waals surface area contributed by atoms with E-state index in [1.807, 2.05) is 0 Å². The van der Waals surface area contributed by atoms with Crippen LogP contribution in [0.5, 0.6) is 0 Å². The molecule has 17 heavy (non-hydrogen) atoms. The number of carbonyl (C=O) groups is 2. The summed E-state index contributed by atoms with van der Waals surface area (Å²) in [6.45, 7) is -0.135. The van der Waals surface area contributed by atoms with Crippen molar-refractivity contribution in [1.29, 1.82) is 5.26 Å². The Morgan fingerprint density at radius 2 is 2.18 bits per heavy atom. The summed E-state index contributed by atoms with van der Waals surface area (Å²) in [4.78, 5) is 22.7. The minimum Gasteiger partial charge on any atom is -0.345 e. The Morgan fingerprint density at radius 3 is 2.82 bits per heavy atom. The molecule has 2 N–H and O–H groups in total. The molecule has 1 saturated carbocycles. The van der Waals surface area contributed by atoms with Crippen molar-refractivity contribution in [2.75, 3.05) is 12.8 Å². The maximum atomic E-state index is 11.5. The third-order valence-corrected chi connectivity index (χ3v) is 3.92. The minimum atomic E-state index is -0.724. The van der Waals surface area contributed by atoms with Gasteiger partial charge in [0, 0.05) is 11.3 Å². The molecule has 0 aliphatic heterocycles. The molecule has 0 spiro atoms. The maximum absolute atomic E-state index is 11.5. The molecule has 0 bridgehead atoms. The van der Waals surface area contributed by atoms with Gasteiger partial charge in [-0.05, 0) is 25.5 Å². The average Bonchev–Trinajstić information content (AvgIpc) is 2.36. The first kappa shape index (κ1) is 13.8. The fourth-order valence-corrected chi connectivity index (χ4v) is 2.77. The van der Waals surface area contributed by atoms with E-state index in [9.17, 15) is 9.59 Å². The number of hydrogen-bond donors (Lipinski definition) is 2. The third-order valence-electron chi connectivity index (χ3n) is 2.83. The Balaban J connectivity index is 2.35. The van der Waals surface area contributed by atoms with E-state index >= 15 is 0 Å². The summed E-state index contributed by atoms with van der Waals surface area (Å²) < 4.78 is 0. The van der Waals surface area contributed by atoms with Crippen molar-refractivity contribution in [2.24, 2.45) is 0 Å². The molecule has 0 aromatic rings. The zero-order chi connectivity index (χ0) is 12.7. The molecule has 0 aromatic heterocycles. The first-order valence-electron chi connectivity index (χ1n) is 5.65. The molecule has 0 radical (unpaired) electrons. The molecular weight excluding hydrogens is 238 g/mol. The van der Waals surface area contributed by atoms with Crippen LogP contribution >= 0.6 is 11.8 Å². The molecule has 2 amide bonds. The largest absolute Gasteiger partial charge is 0.345 e. The number of carbonyl (C=O) groups excluding carboxylic acids is 2. The Kier molecular flexibility index (Phi) is 5.84. The molecule has 0 heterocycles. The van der Waals surface area contributed by atoms with E-state index in [-0.39, 0.29) is 12.6 Å². The monoisotopic (exact) mass is 255 g/mol. The van der Waals surface area contributed by atoms with Crippen LogP contribution in [0.4, 0.5) is 0 Å². The number of rotatable bonds is 3. The molecule has 0 saturated heterocycles. The van der Waals surface area contributed by atoms with Crippen LogP contribution < -0.4 is 10.6 Å². The van der Waals surface area contributed by atoms with Gasteiger partial charge in [-0.2, -0.15) is 17.0 Å². The van der Waals surface area contributed by atoms with Gasteiger partial charge in [-0.3, -0.25) is 9.59 Å². The van der Waals surface area contributed by atoms with Gasteiger partial charge in [-0.25, -0.2) is 0 Å². The van der Waals surface area contributed by atoms with Crippen LogP contribution in [0.3, 0.4) is 0 Å². The fourth-order valence-electron chi connectivity index (χ4n) is 1.94. The first-order chi connectivity index (χ1) is 8.17. The zero-order valence-electron chi connectivity index (χ0n) is 9.86. The van der Waals surface area contributed by atoms with E-state index in [1.165, 1.54) is 6.42 Å². The van der Waals surface area contributed by atoms with Gasteiger partial charge in [0.15, 0.2) is 0 Å². The van der Waals surface area contributed by atoms with Crippen LogP contribution in [0.25, 0.3) is 0 Å². The number of nitrogens with one attached hydrogen (secondary N) is 2. The van der Waals surface area contributed by atoms with E-state index < -0.39 is 11.8 Å². The average molecular weight is 255 g/mol. The molecule has 5 nitrogen and oxygen atoms in total. The lowest BCUT2D eigenvalue weighted by Gasteiger charge is -2.28. The second-order valence-electron chi connectivity index (χ2n) is 4.04. The minimum absolute atomic E-state index is 0.0848. The molecule has 2 unspecified atom stereocenters. The van der Waals surface area contributed by atoms with Gasteiger partial charge in [0.25, 0.3) is 0 Å². The van der Waals surface area contributed by atoms with E-state index in [2.05, 4.69) is 16.9 Å². The van der Waals surface area contributed by atoms with Gasteiger partial charge in [-0.1, -0.05) is 6.42 Å². The second-order valence-corrected chi connectivity index (χ2v) is 5.17. The van der Waals surface area contributed by atoms with Crippen molar-refractivity contribution in [1.82, 2.24) is 10.6 Å². The Morgan fingerprint density at radius 1 is 1.41 bits per heavy atom. The van der Waals surface area contributed by atoms with Gasteiger partial charge >= 0.3 is 11.8 Å². The quantitative estimate of drug-likeness (QED) is 0.565. The topological polar surface area (TPSA) is 82.0 Å². The Labute approximate surface area is 105 Å².